The van der Waals surface area contributed by atoms with Crippen LogP contribution >= 0.6 is 23.2 Å². The van der Waals surface area contributed by atoms with E-state index in [0.717, 1.165) is 5.56 Å². The lowest BCUT2D eigenvalue weighted by Gasteiger charge is -2.11. The van der Waals surface area contributed by atoms with Gasteiger partial charge in [-0.15, -0.1) is 0 Å². The molecule has 1 heterocycles. The Balaban J connectivity index is 2.13. The highest BCUT2D eigenvalue weighted by Crippen LogP contribution is 2.32. The van der Waals surface area contributed by atoms with Gasteiger partial charge in [0.25, 0.3) is 0 Å². The van der Waals surface area contributed by atoms with E-state index in [1.165, 1.54) is 10.9 Å². The number of hydrogen-bond donors (Lipinski definition) is 2. The lowest BCUT2D eigenvalue weighted by Crippen LogP contribution is -2.19. The van der Waals surface area contributed by atoms with Crippen LogP contribution in [-0.2, 0) is 11.3 Å². The summed E-state index contributed by atoms with van der Waals surface area (Å²) in [5, 5.41) is 7.42. The molecule has 0 radical (unpaired) electrons. The topological polar surface area (TPSA) is 72.9 Å². The molecule has 0 spiro atoms. The van der Waals surface area contributed by atoms with E-state index in [1.54, 1.807) is 18.3 Å². The smallest absolute Gasteiger partial charge is 0.246 e. The van der Waals surface area contributed by atoms with Crippen molar-refractivity contribution in [1.29, 1.82) is 0 Å². The average molecular weight is 299 g/mol. The molecule has 2 rings (SSSR count). The first-order chi connectivity index (χ1) is 8.97. The van der Waals surface area contributed by atoms with Crippen molar-refractivity contribution in [3.63, 3.8) is 0 Å². The summed E-state index contributed by atoms with van der Waals surface area (Å²) >= 11 is 12.1. The number of anilines is 2. The SMILES string of the molecule is Cc1ccc(Cl)c(NC(=O)Cn2cc(N)cn2)c1Cl. The van der Waals surface area contributed by atoms with Crippen molar-refractivity contribution in [2.24, 2.45) is 0 Å². The largest absolute Gasteiger partial charge is 0.396 e. The zero-order valence-electron chi connectivity index (χ0n) is 10.2. The van der Waals surface area contributed by atoms with Crippen molar-refractivity contribution in [2.75, 3.05) is 11.1 Å². The lowest BCUT2D eigenvalue weighted by molar-refractivity contribution is -0.116. The van der Waals surface area contributed by atoms with Gasteiger partial charge < -0.3 is 11.1 Å². The first-order valence-electron chi connectivity index (χ1n) is 5.49. The molecule has 1 aromatic carbocycles. The number of nitrogen functional groups attached to an aromatic ring is 1. The van der Waals surface area contributed by atoms with Crippen LogP contribution in [0, 0.1) is 6.92 Å². The van der Waals surface area contributed by atoms with Gasteiger partial charge in [0.15, 0.2) is 0 Å². The Hall–Kier alpha value is -1.72. The number of benzene rings is 1. The van der Waals surface area contributed by atoms with Crippen molar-refractivity contribution >= 4 is 40.5 Å². The van der Waals surface area contributed by atoms with Crippen molar-refractivity contribution in [1.82, 2.24) is 9.78 Å². The number of nitrogens with two attached hydrogens (primary N) is 1. The third kappa shape index (κ3) is 3.19. The van der Waals surface area contributed by atoms with Crippen LogP contribution in [0.25, 0.3) is 0 Å². The molecule has 0 fully saturated rings. The number of carbonyl (C=O) groups is 1. The van der Waals surface area contributed by atoms with E-state index in [0.29, 0.717) is 21.4 Å². The molecule has 7 heteroatoms. The van der Waals surface area contributed by atoms with Crippen LogP contribution in [0.4, 0.5) is 11.4 Å². The number of aryl methyl sites for hydroxylation is 1. The number of nitrogens with zero attached hydrogens (tertiary/aromatic N) is 2. The third-order valence-electron chi connectivity index (χ3n) is 2.51. The molecule has 100 valence electrons. The number of carbonyl (C=O) groups excluding carboxylic acids is 1. The minimum Gasteiger partial charge on any atom is -0.396 e. The number of aromatic nitrogens is 2. The quantitative estimate of drug-likeness (QED) is 0.915. The van der Waals surface area contributed by atoms with Gasteiger partial charge in [0.1, 0.15) is 6.54 Å². The van der Waals surface area contributed by atoms with E-state index < -0.39 is 0 Å². The van der Waals surface area contributed by atoms with E-state index >= 15 is 0 Å². The fourth-order valence-corrected chi connectivity index (χ4v) is 2.03. The third-order valence-corrected chi connectivity index (χ3v) is 3.31. The van der Waals surface area contributed by atoms with Gasteiger partial charge in [-0.2, -0.15) is 5.10 Å². The van der Waals surface area contributed by atoms with Gasteiger partial charge in [-0.25, -0.2) is 0 Å². The molecular weight excluding hydrogens is 287 g/mol. The predicted molar refractivity (Wildman–Crippen MR) is 76.5 cm³/mol. The summed E-state index contributed by atoms with van der Waals surface area (Å²) in [5.41, 5.74) is 7.27. The lowest BCUT2D eigenvalue weighted by atomic mass is 10.2. The molecule has 0 aliphatic heterocycles. The average Bonchev–Trinajstić information content (AvgIpc) is 2.75. The molecule has 0 aliphatic carbocycles. The molecule has 0 atom stereocenters. The van der Waals surface area contributed by atoms with Gasteiger partial charge in [0.2, 0.25) is 5.91 Å². The summed E-state index contributed by atoms with van der Waals surface area (Å²) in [4.78, 5) is 11.9. The van der Waals surface area contributed by atoms with Gasteiger partial charge in [0.05, 0.1) is 27.6 Å². The summed E-state index contributed by atoms with van der Waals surface area (Å²) in [6.45, 7) is 1.88. The Bertz CT molecular complexity index is 624. The van der Waals surface area contributed by atoms with E-state index in [1.807, 2.05) is 6.92 Å². The molecule has 0 saturated carbocycles. The summed E-state index contributed by atoms with van der Waals surface area (Å²) in [5.74, 6) is -0.280. The van der Waals surface area contributed by atoms with Crippen LogP contribution in [0.1, 0.15) is 5.56 Å². The highest BCUT2D eigenvalue weighted by molar-refractivity contribution is 6.40. The zero-order valence-corrected chi connectivity index (χ0v) is 11.7. The summed E-state index contributed by atoms with van der Waals surface area (Å²) < 4.78 is 1.43. The normalized spacial score (nSPS) is 10.5. The molecule has 1 aromatic heterocycles. The fourth-order valence-electron chi connectivity index (χ4n) is 1.56. The Morgan fingerprint density at radius 3 is 2.84 bits per heavy atom. The molecule has 19 heavy (non-hydrogen) atoms. The fraction of sp³-hybridized carbons (Fsp3) is 0.167. The van der Waals surface area contributed by atoms with Crippen LogP contribution in [0.15, 0.2) is 24.5 Å². The second kappa shape index (κ2) is 5.50. The van der Waals surface area contributed by atoms with E-state index in [4.69, 9.17) is 28.9 Å². The number of nitrogens with one attached hydrogen (secondary N) is 1. The molecule has 3 N–H and O–H groups in total. The van der Waals surface area contributed by atoms with Crippen LogP contribution in [0.2, 0.25) is 10.0 Å². The molecular formula is C12H12Cl2N4O. The van der Waals surface area contributed by atoms with Gasteiger partial charge in [-0.1, -0.05) is 29.3 Å². The molecule has 1 amide bonds. The Morgan fingerprint density at radius 2 is 2.21 bits per heavy atom. The van der Waals surface area contributed by atoms with Crippen LogP contribution in [-0.4, -0.2) is 15.7 Å². The molecule has 0 aliphatic rings. The number of rotatable bonds is 3. The van der Waals surface area contributed by atoms with Gasteiger partial charge in [-0.05, 0) is 18.6 Å². The first-order valence-corrected chi connectivity index (χ1v) is 6.25. The summed E-state index contributed by atoms with van der Waals surface area (Å²) in [6.07, 6.45) is 3.04. The second-order valence-corrected chi connectivity index (χ2v) is 4.86. The van der Waals surface area contributed by atoms with E-state index in [-0.39, 0.29) is 12.5 Å². The highest BCUT2D eigenvalue weighted by atomic mass is 35.5. The van der Waals surface area contributed by atoms with Crippen LogP contribution < -0.4 is 11.1 Å². The van der Waals surface area contributed by atoms with Gasteiger partial charge in [-0.3, -0.25) is 9.48 Å². The maximum absolute atomic E-state index is 11.9. The van der Waals surface area contributed by atoms with Crippen molar-refractivity contribution in [3.05, 3.63) is 40.1 Å². The Kier molecular flexibility index (Phi) is 3.97. The van der Waals surface area contributed by atoms with Crippen molar-refractivity contribution in [3.8, 4) is 0 Å². The number of hydrogen-bond acceptors (Lipinski definition) is 3. The minimum atomic E-state index is -0.280. The predicted octanol–water partition coefficient (Wildman–Crippen LogP) is 2.72. The van der Waals surface area contributed by atoms with E-state index in [9.17, 15) is 4.79 Å². The van der Waals surface area contributed by atoms with Crippen LogP contribution in [0.5, 0.6) is 0 Å². The van der Waals surface area contributed by atoms with Gasteiger partial charge >= 0.3 is 0 Å². The van der Waals surface area contributed by atoms with Crippen molar-refractivity contribution in [2.45, 2.75) is 13.5 Å². The zero-order chi connectivity index (χ0) is 14.0. The highest BCUT2D eigenvalue weighted by Gasteiger charge is 2.12. The van der Waals surface area contributed by atoms with Crippen molar-refractivity contribution < 1.29 is 4.79 Å². The maximum atomic E-state index is 11.9. The standard InChI is InChI=1S/C12H12Cl2N4O/c1-7-2-3-9(13)12(11(7)14)17-10(19)6-18-5-8(15)4-16-18/h2-5H,6,15H2,1H3,(H,17,19). The number of halogens is 2. The first kappa shape index (κ1) is 13.7. The Morgan fingerprint density at radius 1 is 1.47 bits per heavy atom. The monoisotopic (exact) mass is 298 g/mol. The molecule has 5 nitrogen and oxygen atoms in total. The van der Waals surface area contributed by atoms with Gasteiger partial charge in [0, 0.05) is 6.20 Å². The molecule has 0 unspecified atom stereocenters. The maximum Gasteiger partial charge on any atom is 0.246 e. The summed E-state index contributed by atoms with van der Waals surface area (Å²) in [7, 11) is 0. The summed E-state index contributed by atoms with van der Waals surface area (Å²) in [6, 6.07) is 3.47. The second-order valence-electron chi connectivity index (χ2n) is 4.07. The van der Waals surface area contributed by atoms with Crippen LogP contribution in [0.3, 0.4) is 0 Å². The molecule has 2 aromatic rings. The molecule has 0 bridgehead atoms. The number of amides is 1. The minimum absolute atomic E-state index is 0.0395. The van der Waals surface area contributed by atoms with E-state index in [2.05, 4.69) is 10.4 Å². The molecule has 0 saturated heterocycles. The Labute approximate surface area is 120 Å².